The van der Waals surface area contributed by atoms with E-state index in [1.54, 1.807) is 14.2 Å². The smallest absolute Gasteiger partial charge is 0.166 e. The van der Waals surface area contributed by atoms with Gasteiger partial charge in [0.2, 0.25) is 0 Å². The molecule has 0 aromatic heterocycles. The van der Waals surface area contributed by atoms with Gasteiger partial charge in [0.15, 0.2) is 17.3 Å². The number of hydrogen-bond donors (Lipinski definition) is 0. The first-order chi connectivity index (χ1) is 13.6. The molecule has 2 aromatic rings. The maximum absolute atomic E-state index is 13.2. The summed E-state index contributed by atoms with van der Waals surface area (Å²) < 4.78 is 10.8. The SMILES string of the molecule is COc1cc2c(cc1OC)C(=O)C(C1CCN(Cc3ccccc3)CC1C)C2. The number of nitrogens with zero attached hydrogens (tertiary/aromatic N) is 1. The Kier molecular flexibility index (Phi) is 5.40. The van der Waals surface area contributed by atoms with E-state index in [1.807, 2.05) is 12.1 Å². The maximum atomic E-state index is 13.2. The predicted octanol–water partition coefficient (Wildman–Crippen LogP) is 4.22. The van der Waals surface area contributed by atoms with Crippen LogP contribution in [0.5, 0.6) is 11.5 Å². The van der Waals surface area contributed by atoms with E-state index in [2.05, 4.69) is 42.2 Å². The van der Waals surface area contributed by atoms with Crippen molar-refractivity contribution >= 4 is 5.78 Å². The summed E-state index contributed by atoms with van der Waals surface area (Å²) >= 11 is 0. The van der Waals surface area contributed by atoms with E-state index >= 15 is 0 Å². The number of ether oxygens (including phenoxy) is 2. The molecule has 0 radical (unpaired) electrons. The minimum absolute atomic E-state index is 0.0840. The number of Topliss-reactive ketones (excluding diaryl/α,β-unsaturated/α-hetero) is 1. The topological polar surface area (TPSA) is 38.8 Å². The van der Waals surface area contributed by atoms with E-state index in [9.17, 15) is 4.79 Å². The summed E-state index contributed by atoms with van der Waals surface area (Å²) in [5.74, 6) is 2.65. The van der Waals surface area contributed by atoms with Gasteiger partial charge in [-0.1, -0.05) is 37.3 Å². The first-order valence-corrected chi connectivity index (χ1v) is 10.2. The van der Waals surface area contributed by atoms with Crippen molar-refractivity contribution in [3.63, 3.8) is 0 Å². The van der Waals surface area contributed by atoms with Gasteiger partial charge in [0.25, 0.3) is 0 Å². The molecule has 1 aliphatic heterocycles. The number of ketones is 1. The van der Waals surface area contributed by atoms with Crippen LogP contribution in [0.25, 0.3) is 0 Å². The number of hydrogen-bond acceptors (Lipinski definition) is 4. The van der Waals surface area contributed by atoms with Crippen LogP contribution in [0.2, 0.25) is 0 Å². The molecule has 0 spiro atoms. The second-order valence-electron chi connectivity index (χ2n) is 8.19. The molecule has 0 N–H and O–H groups in total. The van der Waals surface area contributed by atoms with Gasteiger partial charge in [-0.05, 0) is 54.5 Å². The standard InChI is InChI=1S/C24H29NO3/c1-16-14-25(15-17-7-5-4-6-8-17)10-9-19(16)21-11-18-12-22(27-2)23(28-3)13-20(18)24(21)26/h4-8,12-13,16,19,21H,9-11,14-15H2,1-3H3. The number of methoxy groups -OCH3 is 2. The molecule has 4 nitrogen and oxygen atoms in total. The van der Waals surface area contributed by atoms with Crippen LogP contribution >= 0.6 is 0 Å². The van der Waals surface area contributed by atoms with E-state index in [0.29, 0.717) is 23.3 Å². The highest BCUT2D eigenvalue weighted by atomic mass is 16.5. The normalized spacial score (nSPS) is 24.8. The number of carbonyl (C=O) groups excluding carboxylic acids is 1. The van der Waals surface area contributed by atoms with Crippen molar-refractivity contribution in [2.24, 2.45) is 17.8 Å². The zero-order valence-corrected chi connectivity index (χ0v) is 17.0. The van der Waals surface area contributed by atoms with Crippen molar-refractivity contribution < 1.29 is 14.3 Å². The lowest BCUT2D eigenvalue weighted by molar-refractivity contribution is 0.0667. The average Bonchev–Trinajstić information content (AvgIpc) is 3.03. The van der Waals surface area contributed by atoms with Gasteiger partial charge in [0.1, 0.15) is 0 Å². The summed E-state index contributed by atoms with van der Waals surface area (Å²) in [5, 5.41) is 0. The van der Waals surface area contributed by atoms with E-state index in [0.717, 1.165) is 43.6 Å². The third kappa shape index (κ3) is 3.53. The Bertz CT molecular complexity index is 848. The Morgan fingerprint density at radius 1 is 1.07 bits per heavy atom. The van der Waals surface area contributed by atoms with Crippen LogP contribution < -0.4 is 9.47 Å². The van der Waals surface area contributed by atoms with Gasteiger partial charge in [-0.15, -0.1) is 0 Å². The molecule has 0 amide bonds. The largest absolute Gasteiger partial charge is 0.493 e. The van der Waals surface area contributed by atoms with Crippen LogP contribution in [-0.4, -0.2) is 38.0 Å². The Morgan fingerprint density at radius 3 is 2.46 bits per heavy atom. The number of piperidine rings is 1. The van der Waals surface area contributed by atoms with Crippen LogP contribution in [0, 0.1) is 17.8 Å². The van der Waals surface area contributed by atoms with Crippen molar-refractivity contribution in [2.45, 2.75) is 26.3 Å². The fourth-order valence-electron chi connectivity index (χ4n) is 5.03. The van der Waals surface area contributed by atoms with Crippen molar-refractivity contribution in [1.29, 1.82) is 0 Å². The fourth-order valence-corrected chi connectivity index (χ4v) is 5.03. The summed E-state index contributed by atoms with van der Waals surface area (Å²) in [6, 6.07) is 14.5. The van der Waals surface area contributed by atoms with Gasteiger partial charge in [-0.25, -0.2) is 0 Å². The summed E-state index contributed by atoms with van der Waals surface area (Å²) in [4.78, 5) is 15.7. The van der Waals surface area contributed by atoms with Crippen LogP contribution in [0.3, 0.4) is 0 Å². The Morgan fingerprint density at radius 2 is 1.79 bits per heavy atom. The molecule has 1 heterocycles. The molecule has 148 valence electrons. The van der Waals surface area contributed by atoms with Crippen LogP contribution in [0.1, 0.15) is 34.8 Å². The van der Waals surface area contributed by atoms with Gasteiger partial charge in [0.05, 0.1) is 14.2 Å². The van der Waals surface area contributed by atoms with Gasteiger partial charge in [-0.3, -0.25) is 9.69 Å². The zero-order valence-electron chi connectivity index (χ0n) is 17.0. The van der Waals surface area contributed by atoms with Crippen molar-refractivity contribution in [3.05, 3.63) is 59.2 Å². The molecule has 2 aromatic carbocycles. The zero-order chi connectivity index (χ0) is 19.7. The highest BCUT2D eigenvalue weighted by Gasteiger charge is 2.41. The molecular weight excluding hydrogens is 350 g/mol. The van der Waals surface area contributed by atoms with E-state index in [4.69, 9.17) is 9.47 Å². The highest BCUT2D eigenvalue weighted by Crippen LogP contribution is 2.42. The molecule has 1 fully saturated rings. The van der Waals surface area contributed by atoms with E-state index in [-0.39, 0.29) is 11.7 Å². The summed E-state index contributed by atoms with van der Waals surface area (Å²) in [5.41, 5.74) is 3.28. The number of likely N-dealkylation sites (tertiary alicyclic amines) is 1. The molecule has 3 atom stereocenters. The van der Waals surface area contributed by atoms with Crippen LogP contribution in [-0.2, 0) is 13.0 Å². The number of carbonyl (C=O) groups is 1. The second kappa shape index (κ2) is 7.96. The molecule has 2 aliphatic rings. The number of rotatable bonds is 5. The second-order valence-corrected chi connectivity index (χ2v) is 8.19. The first kappa shape index (κ1) is 19.0. The van der Waals surface area contributed by atoms with Crippen LogP contribution in [0.15, 0.2) is 42.5 Å². The fraction of sp³-hybridized carbons (Fsp3) is 0.458. The molecule has 4 heteroatoms. The highest BCUT2D eigenvalue weighted by molar-refractivity contribution is 6.03. The molecule has 0 bridgehead atoms. The number of benzene rings is 2. The third-order valence-corrected chi connectivity index (χ3v) is 6.47. The quantitative estimate of drug-likeness (QED) is 0.780. The van der Waals surface area contributed by atoms with Crippen molar-refractivity contribution in [2.75, 3.05) is 27.3 Å². The molecule has 1 saturated heterocycles. The molecule has 3 unspecified atom stereocenters. The van der Waals surface area contributed by atoms with Crippen LogP contribution in [0.4, 0.5) is 0 Å². The molecule has 1 aliphatic carbocycles. The van der Waals surface area contributed by atoms with E-state index < -0.39 is 0 Å². The Labute approximate surface area is 167 Å². The van der Waals surface area contributed by atoms with Gasteiger partial charge in [0, 0.05) is 24.6 Å². The average molecular weight is 380 g/mol. The number of fused-ring (bicyclic) bond motifs is 1. The van der Waals surface area contributed by atoms with Gasteiger partial charge in [-0.2, -0.15) is 0 Å². The molecule has 0 saturated carbocycles. The lowest BCUT2D eigenvalue weighted by Crippen LogP contribution is -2.42. The molecule has 4 rings (SSSR count). The third-order valence-electron chi connectivity index (χ3n) is 6.47. The monoisotopic (exact) mass is 379 g/mol. The molecular formula is C24H29NO3. The minimum atomic E-state index is 0.0840. The van der Waals surface area contributed by atoms with Crippen molar-refractivity contribution in [3.8, 4) is 11.5 Å². The summed E-state index contributed by atoms with van der Waals surface area (Å²) in [6.45, 7) is 5.40. The molecule has 28 heavy (non-hydrogen) atoms. The lowest BCUT2D eigenvalue weighted by Gasteiger charge is -2.39. The summed E-state index contributed by atoms with van der Waals surface area (Å²) in [6.07, 6.45) is 1.90. The van der Waals surface area contributed by atoms with Gasteiger partial charge < -0.3 is 9.47 Å². The summed E-state index contributed by atoms with van der Waals surface area (Å²) in [7, 11) is 3.26. The van der Waals surface area contributed by atoms with Crippen molar-refractivity contribution in [1.82, 2.24) is 4.90 Å². The Hall–Kier alpha value is -2.33. The van der Waals surface area contributed by atoms with E-state index in [1.165, 1.54) is 5.56 Å². The maximum Gasteiger partial charge on any atom is 0.166 e. The minimum Gasteiger partial charge on any atom is -0.493 e. The Balaban J connectivity index is 1.46. The predicted molar refractivity (Wildman–Crippen MR) is 110 cm³/mol. The van der Waals surface area contributed by atoms with Gasteiger partial charge >= 0.3 is 0 Å². The lowest BCUT2D eigenvalue weighted by atomic mass is 9.75. The first-order valence-electron chi connectivity index (χ1n) is 10.2.